The van der Waals surface area contributed by atoms with Gasteiger partial charge in [-0.1, -0.05) is 47.5 Å². The number of nitrogens with one attached hydrogen (secondary N) is 1. The van der Waals surface area contributed by atoms with E-state index in [1.54, 1.807) is 30.3 Å². The quantitative estimate of drug-likeness (QED) is 0.519. The van der Waals surface area contributed by atoms with Crippen molar-refractivity contribution in [3.05, 3.63) is 64.1 Å². The molecule has 0 saturated heterocycles. The van der Waals surface area contributed by atoms with E-state index in [0.29, 0.717) is 22.4 Å². The highest BCUT2D eigenvalue weighted by atomic mass is 35.5. The zero-order valence-corrected chi connectivity index (χ0v) is 16.4. The first-order valence-corrected chi connectivity index (χ1v) is 9.03. The summed E-state index contributed by atoms with van der Waals surface area (Å²) in [4.78, 5) is 24.2. The molecular weight excluding hydrogens is 389 g/mol. The van der Waals surface area contributed by atoms with Crippen LogP contribution in [0.15, 0.2) is 48.5 Å². The molecule has 27 heavy (non-hydrogen) atoms. The molecule has 0 aromatic heterocycles. The van der Waals surface area contributed by atoms with Crippen molar-refractivity contribution in [1.29, 1.82) is 0 Å². The Morgan fingerprint density at radius 2 is 1.78 bits per heavy atom. The number of esters is 1. The second-order valence-electron chi connectivity index (χ2n) is 5.47. The number of para-hydroxylation sites is 2. The number of carbonyl (C=O) groups is 2. The second kappa shape index (κ2) is 10.00. The molecule has 0 spiro atoms. The third kappa shape index (κ3) is 6.01. The van der Waals surface area contributed by atoms with Gasteiger partial charge >= 0.3 is 5.97 Å². The van der Waals surface area contributed by atoms with Crippen LogP contribution >= 0.6 is 23.2 Å². The van der Waals surface area contributed by atoms with Crippen LogP contribution in [-0.4, -0.2) is 24.6 Å². The van der Waals surface area contributed by atoms with Crippen molar-refractivity contribution in [1.82, 2.24) is 0 Å². The molecule has 0 aliphatic heterocycles. The fourth-order valence-corrected chi connectivity index (χ4v) is 2.66. The van der Waals surface area contributed by atoms with Crippen LogP contribution in [0.2, 0.25) is 10.0 Å². The van der Waals surface area contributed by atoms with Crippen LogP contribution in [0.25, 0.3) is 6.08 Å². The maximum Gasteiger partial charge on any atom is 0.331 e. The molecule has 1 N–H and O–H groups in total. The number of halogens is 2. The predicted molar refractivity (Wildman–Crippen MR) is 107 cm³/mol. The fourth-order valence-electron chi connectivity index (χ4n) is 2.17. The molecule has 0 aliphatic carbocycles. The molecule has 142 valence electrons. The maximum atomic E-state index is 12.2. The number of hydrogen-bond acceptors (Lipinski definition) is 4. The number of ether oxygens (including phenoxy) is 2. The van der Waals surface area contributed by atoms with Gasteiger partial charge in [0.05, 0.1) is 22.3 Å². The Morgan fingerprint density at radius 1 is 1.11 bits per heavy atom. The van der Waals surface area contributed by atoms with Crippen LogP contribution in [0.1, 0.15) is 19.4 Å². The molecule has 0 unspecified atom stereocenters. The minimum absolute atomic E-state index is 0.273. The van der Waals surface area contributed by atoms with E-state index in [9.17, 15) is 9.59 Å². The van der Waals surface area contributed by atoms with Gasteiger partial charge in [0.1, 0.15) is 5.75 Å². The molecule has 0 bridgehead atoms. The number of anilines is 1. The summed E-state index contributed by atoms with van der Waals surface area (Å²) in [6.45, 7) is 3.84. The molecule has 2 aromatic rings. The van der Waals surface area contributed by atoms with Crippen LogP contribution in [-0.2, 0) is 14.3 Å². The van der Waals surface area contributed by atoms with Gasteiger partial charge in [-0.25, -0.2) is 4.79 Å². The van der Waals surface area contributed by atoms with Gasteiger partial charge in [0.15, 0.2) is 6.10 Å². The number of hydrogen-bond donors (Lipinski definition) is 1. The van der Waals surface area contributed by atoms with Crippen LogP contribution in [0.4, 0.5) is 5.69 Å². The molecule has 7 heteroatoms. The third-order valence-electron chi connectivity index (χ3n) is 3.49. The van der Waals surface area contributed by atoms with Crippen molar-refractivity contribution in [2.24, 2.45) is 0 Å². The first-order chi connectivity index (χ1) is 12.9. The molecule has 0 aliphatic rings. The number of carbonyl (C=O) groups excluding carboxylic acids is 2. The van der Waals surface area contributed by atoms with E-state index in [1.165, 1.54) is 13.0 Å². The van der Waals surface area contributed by atoms with Crippen molar-refractivity contribution in [2.75, 3.05) is 11.9 Å². The van der Waals surface area contributed by atoms with Crippen molar-refractivity contribution < 1.29 is 19.1 Å². The lowest BCUT2D eigenvalue weighted by molar-refractivity contribution is -0.148. The summed E-state index contributed by atoms with van der Waals surface area (Å²) in [5.74, 6) is -0.543. The second-order valence-corrected chi connectivity index (χ2v) is 6.28. The molecule has 0 radical (unpaired) electrons. The van der Waals surface area contributed by atoms with E-state index in [1.807, 2.05) is 25.1 Å². The van der Waals surface area contributed by atoms with Gasteiger partial charge in [0, 0.05) is 11.6 Å². The van der Waals surface area contributed by atoms with Gasteiger partial charge in [-0.3, -0.25) is 4.79 Å². The summed E-state index contributed by atoms with van der Waals surface area (Å²) in [6, 6.07) is 12.1. The molecule has 2 rings (SSSR count). The van der Waals surface area contributed by atoms with E-state index in [2.05, 4.69) is 5.32 Å². The summed E-state index contributed by atoms with van der Waals surface area (Å²) in [5, 5.41) is 3.15. The largest absolute Gasteiger partial charge is 0.493 e. The number of rotatable bonds is 7. The van der Waals surface area contributed by atoms with E-state index < -0.39 is 18.0 Å². The van der Waals surface area contributed by atoms with Crippen LogP contribution in [0, 0.1) is 0 Å². The van der Waals surface area contributed by atoms with Crippen LogP contribution < -0.4 is 10.1 Å². The average molecular weight is 408 g/mol. The Balaban J connectivity index is 1.98. The summed E-state index contributed by atoms with van der Waals surface area (Å²) in [6.07, 6.45) is 1.78. The highest BCUT2D eigenvalue weighted by Gasteiger charge is 2.19. The molecule has 0 saturated carbocycles. The Hall–Kier alpha value is -2.50. The number of benzene rings is 2. The molecular formula is C20H19Cl2NO4. The maximum absolute atomic E-state index is 12.2. The highest BCUT2D eigenvalue weighted by molar-refractivity contribution is 6.39. The van der Waals surface area contributed by atoms with E-state index in [-0.39, 0.29) is 5.69 Å². The van der Waals surface area contributed by atoms with Crippen molar-refractivity contribution >= 4 is 46.8 Å². The van der Waals surface area contributed by atoms with E-state index >= 15 is 0 Å². The van der Waals surface area contributed by atoms with E-state index in [0.717, 1.165) is 5.56 Å². The molecule has 0 heterocycles. The minimum Gasteiger partial charge on any atom is -0.493 e. The van der Waals surface area contributed by atoms with E-state index in [4.69, 9.17) is 32.7 Å². The standard InChI is InChI=1S/C20H19Cl2NO4/c1-3-26-17-10-5-4-7-14(17)11-12-18(24)27-13(2)20(25)23-19-15(21)8-6-9-16(19)22/h4-13H,3H2,1-2H3,(H,23,25)/b12-11+/t13-/m1/s1. The van der Waals surface area contributed by atoms with Gasteiger partial charge in [0.2, 0.25) is 0 Å². The molecule has 5 nitrogen and oxygen atoms in total. The lowest BCUT2D eigenvalue weighted by atomic mass is 10.2. The van der Waals surface area contributed by atoms with Crippen molar-refractivity contribution in [2.45, 2.75) is 20.0 Å². The molecule has 1 amide bonds. The number of amides is 1. The topological polar surface area (TPSA) is 64.6 Å². The summed E-state index contributed by atoms with van der Waals surface area (Å²) in [7, 11) is 0. The average Bonchev–Trinajstić information content (AvgIpc) is 2.64. The Morgan fingerprint density at radius 3 is 2.44 bits per heavy atom. The SMILES string of the molecule is CCOc1ccccc1/C=C/C(=O)O[C@H](C)C(=O)Nc1c(Cl)cccc1Cl. The lowest BCUT2D eigenvalue weighted by Crippen LogP contribution is -2.29. The Kier molecular flexibility index (Phi) is 7.70. The zero-order valence-electron chi connectivity index (χ0n) is 14.9. The van der Waals surface area contributed by atoms with Gasteiger partial charge in [0.25, 0.3) is 5.91 Å². The van der Waals surface area contributed by atoms with Crippen LogP contribution in [0.3, 0.4) is 0 Å². The van der Waals surface area contributed by atoms with Crippen molar-refractivity contribution in [3.8, 4) is 5.75 Å². The predicted octanol–water partition coefficient (Wildman–Crippen LogP) is 4.98. The van der Waals surface area contributed by atoms with Gasteiger partial charge < -0.3 is 14.8 Å². The zero-order chi connectivity index (χ0) is 19.8. The third-order valence-corrected chi connectivity index (χ3v) is 4.12. The molecule has 1 atom stereocenters. The first-order valence-electron chi connectivity index (χ1n) is 8.27. The van der Waals surface area contributed by atoms with Gasteiger partial charge in [-0.15, -0.1) is 0 Å². The summed E-state index contributed by atoms with van der Waals surface area (Å²) < 4.78 is 10.6. The normalized spacial score (nSPS) is 11.9. The first kappa shape index (κ1) is 20.8. The Labute approximate surface area is 167 Å². The summed E-state index contributed by atoms with van der Waals surface area (Å²) in [5.41, 5.74) is 1.01. The minimum atomic E-state index is -1.03. The van der Waals surface area contributed by atoms with Gasteiger partial charge in [-0.05, 0) is 38.1 Å². The fraction of sp³-hybridized carbons (Fsp3) is 0.200. The molecule has 0 fully saturated rings. The highest BCUT2D eigenvalue weighted by Crippen LogP contribution is 2.30. The van der Waals surface area contributed by atoms with Crippen LogP contribution in [0.5, 0.6) is 5.75 Å². The van der Waals surface area contributed by atoms with Crippen molar-refractivity contribution in [3.63, 3.8) is 0 Å². The summed E-state index contributed by atoms with van der Waals surface area (Å²) >= 11 is 12.0. The smallest absolute Gasteiger partial charge is 0.331 e. The van der Waals surface area contributed by atoms with Gasteiger partial charge in [-0.2, -0.15) is 0 Å². The molecule has 2 aromatic carbocycles. The Bertz CT molecular complexity index is 831. The monoisotopic (exact) mass is 407 g/mol. The lowest BCUT2D eigenvalue weighted by Gasteiger charge is -2.14.